The van der Waals surface area contributed by atoms with Crippen LogP contribution in [0.2, 0.25) is 0 Å². The maximum absolute atomic E-state index is 13.1. The van der Waals surface area contributed by atoms with Crippen molar-refractivity contribution >= 4 is 39.2 Å². The smallest absolute Gasteiger partial charge is 0.339 e. The molecule has 0 aliphatic rings. The number of hydrogen-bond acceptors (Lipinski definition) is 8. The predicted molar refractivity (Wildman–Crippen MR) is 141 cm³/mol. The number of thioether (sulfide) groups is 1. The summed E-state index contributed by atoms with van der Waals surface area (Å²) < 4.78 is 32.6. The molecule has 0 bridgehead atoms. The minimum Gasteiger partial charge on any atom is -0.465 e. The van der Waals surface area contributed by atoms with Crippen LogP contribution < -0.4 is 5.32 Å². The Bertz CT molecular complexity index is 1520. The van der Waals surface area contributed by atoms with E-state index in [1.165, 1.54) is 7.11 Å². The van der Waals surface area contributed by atoms with Gasteiger partial charge in [0.15, 0.2) is 20.8 Å². The van der Waals surface area contributed by atoms with E-state index in [1.807, 2.05) is 37.3 Å². The largest absolute Gasteiger partial charge is 0.465 e. The second-order valence-corrected chi connectivity index (χ2v) is 10.9. The van der Waals surface area contributed by atoms with Gasteiger partial charge in [-0.2, -0.15) is 0 Å². The second-order valence-electron chi connectivity index (χ2n) is 8.02. The molecule has 1 N–H and O–H groups in total. The molecule has 0 spiro atoms. The third-order valence-electron chi connectivity index (χ3n) is 5.35. The number of ether oxygens (including phenoxy) is 1. The van der Waals surface area contributed by atoms with Gasteiger partial charge in [0.2, 0.25) is 5.91 Å². The van der Waals surface area contributed by atoms with Crippen molar-refractivity contribution < 1.29 is 22.7 Å². The molecule has 190 valence electrons. The summed E-state index contributed by atoms with van der Waals surface area (Å²) in [6.45, 7) is 1.89. The molecule has 37 heavy (non-hydrogen) atoms. The number of methoxy groups -OCH3 is 1. The van der Waals surface area contributed by atoms with Gasteiger partial charge in [-0.05, 0) is 43.3 Å². The van der Waals surface area contributed by atoms with Crippen LogP contribution in [-0.4, -0.2) is 47.9 Å². The first kappa shape index (κ1) is 26.1. The third kappa shape index (κ3) is 6.25. The summed E-state index contributed by atoms with van der Waals surface area (Å²) in [4.78, 5) is 24.9. The quantitative estimate of drug-likeness (QED) is 0.251. The average molecular weight is 537 g/mol. The minimum absolute atomic E-state index is 0.0504. The van der Waals surface area contributed by atoms with Crippen LogP contribution in [0.15, 0.2) is 88.9 Å². The van der Waals surface area contributed by atoms with Crippen LogP contribution in [0.4, 0.5) is 5.69 Å². The number of aryl methyl sites for hydroxylation is 1. The molecule has 3 aromatic carbocycles. The molecule has 1 heterocycles. The van der Waals surface area contributed by atoms with E-state index in [2.05, 4.69) is 15.5 Å². The lowest BCUT2D eigenvalue weighted by atomic mass is 10.2. The van der Waals surface area contributed by atoms with Crippen molar-refractivity contribution in [1.29, 1.82) is 0 Å². The highest BCUT2D eigenvalue weighted by atomic mass is 32.2. The molecule has 1 amide bonds. The molecule has 0 atom stereocenters. The van der Waals surface area contributed by atoms with Gasteiger partial charge >= 0.3 is 5.97 Å². The minimum atomic E-state index is -3.69. The average Bonchev–Trinajstić information content (AvgIpc) is 3.29. The normalized spacial score (nSPS) is 11.2. The van der Waals surface area contributed by atoms with E-state index in [-0.39, 0.29) is 33.7 Å². The fraction of sp³-hybridized carbons (Fsp3) is 0.154. The first-order valence-electron chi connectivity index (χ1n) is 11.2. The number of nitrogens with zero attached hydrogens (tertiary/aromatic N) is 3. The van der Waals surface area contributed by atoms with Crippen molar-refractivity contribution in [3.63, 3.8) is 0 Å². The maximum atomic E-state index is 13.1. The molecular formula is C26H24N4O5S2. The van der Waals surface area contributed by atoms with Gasteiger partial charge in [0, 0.05) is 5.69 Å². The van der Waals surface area contributed by atoms with Gasteiger partial charge in [-0.25, -0.2) is 13.2 Å². The van der Waals surface area contributed by atoms with E-state index in [4.69, 9.17) is 4.74 Å². The van der Waals surface area contributed by atoms with E-state index in [0.717, 1.165) is 17.3 Å². The van der Waals surface area contributed by atoms with E-state index >= 15 is 0 Å². The van der Waals surface area contributed by atoms with Crippen molar-refractivity contribution in [1.82, 2.24) is 14.8 Å². The molecule has 1 aromatic heterocycles. The Morgan fingerprint density at radius 2 is 1.62 bits per heavy atom. The number of carbonyl (C=O) groups is 2. The fourth-order valence-electron chi connectivity index (χ4n) is 3.52. The Labute approximate surface area is 218 Å². The highest BCUT2D eigenvalue weighted by Crippen LogP contribution is 2.25. The predicted octanol–water partition coefficient (Wildman–Crippen LogP) is 4.07. The standard InChI is InChI=1S/C26H24N4O5S2/c1-18-12-14-20(15-13-18)37(33,34)17-23-28-29-26(30(23)19-8-4-3-5-9-19)36-16-24(31)27-22-11-7-6-10-21(22)25(32)35-2/h3-15H,16-17H2,1-2H3,(H,27,31). The molecule has 0 unspecified atom stereocenters. The molecule has 0 saturated heterocycles. The first-order chi connectivity index (χ1) is 17.8. The highest BCUT2D eigenvalue weighted by molar-refractivity contribution is 7.99. The molecule has 4 aromatic rings. The zero-order chi connectivity index (χ0) is 26.4. The SMILES string of the molecule is COC(=O)c1ccccc1NC(=O)CSc1nnc(CS(=O)(=O)c2ccc(C)cc2)n1-c1ccccc1. The number of carbonyl (C=O) groups excluding carboxylic acids is 2. The number of aromatic nitrogens is 3. The Kier molecular flexibility index (Phi) is 8.04. The molecule has 0 aliphatic carbocycles. The van der Waals surface area contributed by atoms with Crippen LogP contribution in [0.25, 0.3) is 5.69 Å². The van der Waals surface area contributed by atoms with Crippen molar-refractivity contribution in [2.75, 3.05) is 18.2 Å². The molecule has 4 rings (SSSR count). The number of sulfone groups is 1. The number of esters is 1. The van der Waals surface area contributed by atoms with E-state index in [9.17, 15) is 18.0 Å². The number of nitrogens with one attached hydrogen (secondary N) is 1. The fourth-order valence-corrected chi connectivity index (χ4v) is 5.53. The van der Waals surface area contributed by atoms with Crippen molar-refractivity contribution in [2.24, 2.45) is 0 Å². The Hall–Kier alpha value is -3.96. The topological polar surface area (TPSA) is 120 Å². The summed E-state index contributed by atoms with van der Waals surface area (Å²) in [6, 6.07) is 22.3. The highest BCUT2D eigenvalue weighted by Gasteiger charge is 2.23. The molecule has 9 nitrogen and oxygen atoms in total. The zero-order valence-corrected chi connectivity index (χ0v) is 21.8. The number of anilines is 1. The lowest BCUT2D eigenvalue weighted by molar-refractivity contribution is -0.113. The van der Waals surface area contributed by atoms with Crippen molar-refractivity contribution in [2.45, 2.75) is 22.7 Å². The van der Waals surface area contributed by atoms with E-state index in [0.29, 0.717) is 16.5 Å². The van der Waals surface area contributed by atoms with Crippen molar-refractivity contribution in [3.8, 4) is 5.69 Å². The van der Waals surface area contributed by atoms with Gasteiger partial charge in [0.25, 0.3) is 0 Å². The van der Waals surface area contributed by atoms with Gasteiger partial charge in [0.05, 0.1) is 29.0 Å². The molecule has 0 saturated carbocycles. The van der Waals surface area contributed by atoms with Gasteiger partial charge in [-0.1, -0.05) is 59.8 Å². The number of amides is 1. The number of hydrogen-bond donors (Lipinski definition) is 1. The monoisotopic (exact) mass is 536 g/mol. The summed E-state index contributed by atoms with van der Waals surface area (Å²) in [5, 5.41) is 11.4. The van der Waals surface area contributed by atoms with Crippen LogP contribution >= 0.6 is 11.8 Å². The maximum Gasteiger partial charge on any atom is 0.339 e. The van der Waals surface area contributed by atoms with Gasteiger partial charge in [-0.3, -0.25) is 9.36 Å². The summed E-state index contributed by atoms with van der Waals surface area (Å²) in [7, 11) is -2.42. The Morgan fingerprint density at radius 3 is 2.32 bits per heavy atom. The van der Waals surface area contributed by atoms with Crippen LogP contribution in [0, 0.1) is 6.92 Å². The first-order valence-corrected chi connectivity index (χ1v) is 13.8. The second kappa shape index (κ2) is 11.4. The van der Waals surface area contributed by atoms with Crippen LogP contribution in [0.1, 0.15) is 21.7 Å². The molecule has 0 fully saturated rings. The number of para-hydroxylation sites is 2. The molecular weight excluding hydrogens is 512 g/mol. The van der Waals surface area contributed by atoms with E-state index < -0.39 is 15.8 Å². The van der Waals surface area contributed by atoms with E-state index in [1.54, 1.807) is 53.1 Å². The summed E-state index contributed by atoms with van der Waals surface area (Å²) >= 11 is 1.10. The summed E-state index contributed by atoms with van der Waals surface area (Å²) in [5.74, 6) is -1.13. The Balaban J connectivity index is 1.57. The van der Waals surface area contributed by atoms with Gasteiger partial charge in [-0.15, -0.1) is 10.2 Å². The zero-order valence-electron chi connectivity index (χ0n) is 20.1. The molecule has 0 aliphatic heterocycles. The number of rotatable bonds is 9. The summed E-state index contributed by atoms with van der Waals surface area (Å²) in [5.41, 5.74) is 2.19. The summed E-state index contributed by atoms with van der Waals surface area (Å²) in [6.07, 6.45) is 0. The van der Waals surface area contributed by atoms with Crippen LogP contribution in [0.5, 0.6) is 0 Å². The van der Waals surface area contributed by atoms with Crippen molar-refractivity contribution in [3.05, 3.63) is 95.8 Å². The Morgan fingerprint density at radius 1 is 0.946 bits per heavy atom. The van der Waals surface area contributed by atoms with Gasteiger partial charge in [0.1, 0.15) is 5.75 Å². The van der Waals surface area contributed by atoms with Gasteiger partial charge < -0.3 is 10.1 Å². The lowest BCUT2D eigenvalue weighted by Gasteiger charge is -2.12. The molecule has 11 heteroatoms. The number of benzene rings is 3. The molecule has 0 radical (unpaired) electrons. The lowest BCUT2D eigenvalue weighted by Crippen LogP contribution is -2.17. The van der Waals surface area contributed by atoms with Crippen LogP contribution in [0.3, 0.4) is 0 Å². The third-order valence-corrected chi connectivity index (χ3v) is 7.91. The van der Waals surface area contributed by atoms with Crippen LogP contribution in [-0.2, 0) is 25.1 Å².